The van der Waals surface area contributed by atoms with Crippen molar-refractivity contribution in [2.45, 2.75) is 19.9 Å². The number of nitrogens with one attached hydrogen (secondary N) is 1. The Hall–Kier alpha value is -0.580. The van der Waals surface area contributed by atoms with Crippen LogP contribution in [0.5, 0.6) is 0 Å². The quantitative estimate of drug-likeness (QED) is 0.826. The number of alkyl halides is 1. The van der Waals surface area contributed by atoms with E-state index in [0.717, 1.165) is 11.1 Å². The SMILES string of the molecule is Cc1ccccc1C(C)NS(=O)(=O)CCCl. The standard InChI is InChI=1S/C11H16ClNO2S/c1-9-5-3-4-6-11(9)10(2)13-16(14,15)8-7-12/h3-6,10,13H,7-8H2,1-2H3. The zero-order valence-corrected chi connectivity index (χ0v) is 11.0. The van der Waals surface area contributed by atoms with Crippen LogP contribution in [0, 0.1) is 6.92 Å². The van der Waals surface area contributed by atoms with Crippen molar-refractivity contribution in [3.05, 3.63) is 35.4 Å². The van der Waals surface area contributed by atoms with E-state index in [4.69, 9.17) is 11.6 Å². The van der Waals surface area contributed by atoms with Gasteiger partial charge in [-0.15, -0.1) is 11.6 Å². The topological polar surface area (TPSA) is 46.2 Å². The Labute approximate surface area is 102 Å². The normalized spacial score (nSPS) is 13.7. The Morgan fingerprint density at radius 3 is 2.56 bits per heavy atom. The van der Waals surface area contributed by atoms with Gasteiger partial charge in [0.2, 0.25) is 10.0 Å². The van der Waals surface area contributed by atoms with Gasteiger partial charge in [0.1, 0.15) is 0 Å². The van der Waals surface area contributed by atoms with Crippen LogP contribution in [0.3, 0.4) is 0 Å². The largest absolute Gasteiger partial charge is 0.213 e. The van der Waals surface area contributed by atoms with Crippen molar-refractivity contribution in [3.63, 3.8) is 0 Å². The van der Waals surface area contributed by atoms with Crippen LogP contribution in [-0.4, -0.2) is 20.1 Å². The highest BCUT2D eigenvalue weighted by Gasteiger charge is 2.15. The molecule has 0 aromatic heterocycles. The van der Waals surface area contributed by atoms with E-state index in [0.29, 0.717) is 0 Å². The van der Waals surface area contributed by atoms with E-state index < -0.39 is 10.0 Å². The predicted octanol–water partition coefficient (Wildman–Crippen LogP) is 2.21. The average Bonchev–Trinajstić information content (AvgIpc) is 2.17. The molecule has 0 aliphatic rings. The average molecular weight is 262 g/mol. The van der Waals surface area contributed by atoms with Gasteiger partial charge in [-0.1, -0.05) is 24.3 Å². The minimum absolute atomic E-state index is 0.0508. The molecule has 90 valence electrons. The highest BCUT2D eigenvalue weighted by Crippen LogP contribution is 2.17. The molecule has 1 unspecified atom stereocenters. The highest BCUT2D eigenvalue weighted by molar-refractivity contribution is 7.89. The summed E-state index contributed by atoms with van der Waals surface area (Å²) in [6, 6.07) is 7.48. The van der Waals surface area contributed by atoms with Gasteiger partial charge >= 0.3 is 0 Å². The molecule has 1 aromatic rings. The molecule has 1 rings (SSSR count). The van der Waals surface area contributed by atoms with Crippen molar-refractivity contribution >= 4 is 21.6 Å². The molecule has 0 spiro atoms. The summed E-state index contributed by atoms with van der Waals surface area (Å²) in [5, 5.41) is 0. The Balaban J connectivity index is 2.81. The fourth-order valence-corrected chi connectivity index (χ4v) is 3.16. The molecular formula is C11H16ClNO2S. The van der Waals surface area contributed by atoms with Crippen LogP contribution < -0.4 is 4.72 Å². The van der Waals surface area contributed by atoms with E-state index in [-0.39, 0.29) is 17.7 Å². The number of halogens is 1. The number of benzene rings is 1. The monoisotopic (exact) mass is 261 g/mol. The van der Waals surface area contributed by atoms with E-state index >= 15 is 0 Å². The summed E-state index contributed by atoms with van der Waals surface area (Å²) in [6.07, 6.45) is 0. The van der Waals surface area contributed by atoms with Crippen molar-refractivity contribution < 1.29 is 8.42 Å². The molecule has 16 heavy (non-hydrogen) atoms. The van der Waals surface area contributed by atoms with Gasteiger partial charge < -0.3 is 0 Å². The molecule has 0 saturated carbocycles. The van der Waals surface area contributed by atoms with Gasteiger partial charge in [-0.2, -0.15) is 0 Å². The minimum atomic E-state index is -3.28. The zero-order valence-electron chi connectivity index (χ0n) is 9.40. The molecule has 0 saturated heterocycles. The molecular weight excluding hydrogens is 246 g/mol. The van der Waals surface area contributed by atoms with E-state index in [2.05, 4.69) is 4.72 Å². The van der Waals surface area contributed by atoms with Gasteiger partial charge in [0.05, 0.1) is 5.75 Å². The zero-order chi connectivity index (χ0) is 12.2. The van der Waals surface area contributed by atoms with Gasteiger partial charge in [0.15, 0.2) is 0 Å². The third-order valence-corrected chi connectivity index (χ3v) is 4.22. The van der Waals surface area contributed by atoms with Crippen LogP contribution in [0.25, 0.3) is 0 Å². The molecule has 5 heteroatoms. The second-order valence-corrected chi connectivity index (χ2v) is 5.96. The fraction of sp³-hybridized carbons (Fsp3) is 0.455. The number of rotatable bonds is 5. The van der Waals surface area contributed by atoms with E-state index in [1.54, 1.807) is 0 Å². The third kappa shape index (κ3) is 3.77. The first-order valence-electron chi connectivity index (χ1n) is 5.08. The Kier molecular flexibility index (Phi) is 4.77. The summed E-state index contributed by atoms with van der Waals surface area (Å²) < 4.78 is 25.7. The third-order valence-electron chi connectivity index (χ3n) is 2.36. The molecule has 0 aliphatic heterocycles. The molecule has 0 heterocycles. The molecule has 1 atom stereocenters. The van der Waals surface area contributed by atoms with Gasteiger partial charge in [0.25, 0.3) is 0 Å². The van der Waals surface area contributed by atoms with Crippen LogP contribution in [0.2, 0.25) is 0 Å². The Morgan fingerprint density at radius 2 is 2.00 bits per heavy atom. The van der Waals surface area contributed by atoms with Gasteiger partial charge in [0, 0.05) is 11.9 Å². The molecule has 0 amide bonds. The lowest BCUT2D eigenvalue weighted by molar-refractivity contribution is 0.568. The van der Waals surface area contributed by atoms with Crippen molar-refractivity contribution in [3.8, 4) is 0 Å². The second kappa shape index (κ2) is 5.66. The minimum Gasteiger partial charge on any atom is -0.212 e. The molecule has 0 bridgehead atoms. The van der Waals surface area contributed by atoms with Gasteiger partial charge in [-0.05, 0) is 25.0 Å². The summed E-state index contributed by atoms with van der Waals surface area (Å²) in [7, 11) is -3.28. The molecule has 0 fully saturated rings. The van der Waals surface area contributed by atoms with Gasteiger partial charge in [-0.3, -0.25) is 0 Å². The molecule has 1 aromatic carbocycles. The Bertz CT molecular complexity index is 445. The first-order valence-corrected chi connectivity index (χ1v) is 7.26. The van der Waals surface area contributed by atoms with Gasteiger partial charge in [-0.25, -0.2) is 13.1 Å². The summed E-state index contributed by atoms with van der Waals surface area (Å²) >= 11 is 5.43. The lowest BCUT2D eigenvalue weighted by Gasteiger charge is -2.16. The van der Waals surface area contributed by atoms with E-state index in [1.807, 2.05) is 38.1 Å². The maximum absolute atomic E-state index is 11.5. The van der Waals surface area contributed by atoms with Crippen LogP contribution in [0.15, 0.2) is 24.3 Å². The van der Waals surface area contributed by atoms with Crippen molar-refractivity contribution in [1.82, 2.24) is 4.72 Å². The number of hydrogen-bond acceptors (Lipinski definition) is 2. The van der Waals surface area contributed by atoms with Crippen molar-refractivity contribution in [1.29, 1.82) is 0 Å². The number of hydrogen-bond donors (Lipinski definition) is 1. The first kappa shape index (κ1) is 13.5. The molecule has 3 nitrogen and oxygen atoms in total. The number of aryl methyl sites for hydroxylation is 1. The van der Waals surface area contributed by atoms with Crippen molar-refractivity contribution in [2.24, 2.45) is 0 Å². The molecule has 0 aliphatic carbocycles. The fourth-order valence-electron chi connectivity index (χ4n) is 1.57. The molecule has 0 radical (unpaired) electrons. The highest BCUT2D eigenvalue weighted by atomic mass is 35.5. The van der Waals surface area contributed by atoms with E-state index in [1.165, 1.54) is 0 Å². The summed E-state index contributed by atoms with van der Waals surface area (Å²) in [4.78, 5) is 0. The lowest BCUT2D eigenvalue weighted by atomic mass is 10.0. The predicted molar refractivity (Wildman–Crippen MR) is 67.2 cm³/mol. The summed E-state index contributed by atoms with van der Waals surface area (Å²) in [5.41, 5.74) is 2.06. The first-order chi connectivity index (χ1) is 7.46. The lowest BCUT2D eigenvalue weighted by Crippen LogP contribution is -2.30. The maximum atomic E-state index is 11.5. The number of sulfonamides is 1. The molecule has 1 N–H and O–H groups in total. The maximum Gasteiger partial charge on any atom is 0.213 e. The van der Waals surface area contributed by atoms with Crippen LogP contribution in [0.1, 0.15) is 24.1 Å². The Morgan fingerprint density at radius 1 is 1.38 bits per heavy atom. The summed E-state index contributed by atoms with van der Waals surface area (Å²) in [5.74, 6) is 0.0562. The summed E-state index contributed by atoms with van der Waals surface area (Å²) in [6.45, 7) is 3.79. The van der Waals surface area contributed by atoms with Crippen LogP contribution in [-0.2, 0) is 10.0 Å². The van der Waals surface area contributed by atoms with Crippen molar-refractivity contribution in [2.75, 3.05) is 11.6 Å². The van der Waals surface area contributed by atoms with Crippen LogP contribution >= 0.6 is 11.6 Å². The van der Waals surface area contributed by atoms with Crippen LogP contribution in [0.4, 0.5) is 0 Å². The van der Waals surface area contributed by atoms with E-state index in [9.17, 15) is 8.42 Å². The smallest absolute Gasteiger partial charge is 0.212 e. The second-order valence-electron chi connectivity index (χ2n) is 3.70.